The van der Waals surface area contributed by atoms with Crippen LogP contribution in [0.4, 0.5) is 17.8 Å². The smallest absolute Gasteiger partial charge is 0.243 e. The lowest BCUT2D eigenvalue weighted by Gasteiger charge is -2.16. The molecule has 0 amide bonds. The quantitative estimate of drug-likeness (QED) is 0.543. The maximum atomic E-state index is 5.37. The van der Waals surface area contributed by atoms with Crippen molar-refractivity contribution in [3.05, 3.63) is 30.1 Å². The van der Waals surface area contributed by atoms with Crippen molar-refractivity contribution < 1.29 is 0 Å². The first-order valence-corrected chi connectivity index (χ1v) is 6.16. The van der Waals surface area contributed by atoms with E-state index in [-0.39, 0.29) is 6.04 Å². The first-order chi connectivity index (χ1) is 9.60. The zero-order valence-corrected chi connectivity index (χ0v) is 11.7. The van der Waals surface area contributed by atoms with E-state index >= 15 is 0 Å². The van der Waals surface area contributed by atoms with Gasteiger partial charge in [-0.2, -0.15) is 15.0 Å². The van der Waals surface area contributed by atoms with Gasteiger partial charge in [-0.25, -0.2) is 5.84 Å². The molecule has 8 nitrogen and oxygen atoms in total. The van der Waals surface area contributed by atoms with Crippen molar-refractivity contribution in [2.75, 3.05) is 29.7 Å². The van der Waals surface area contributed by atoms with Gasteiger partial charge in [0, 0.05) is 26.5 Å². The summed E-state index contributed by atoms with van der Waals surface area (Å²) in [5.74, 6) is 6.65. The third kappa shape index (κ3) is 3.29. The highest BCUT2D eigenvalue weighted by Crippen LogP contribution is 2.17. The molecule has 1 atom stereocenters. The Balaban J connectivity index is 2.22. The number of nitrogens with two attached hydrogens (primary N) is 1. The van der Waals surface area contributed by atoms with E-state index < -0.39 is 0 Å². The summed E-state index contributed by atoms with van der Waals surface area (Å²) in [7, 11) is 3.70. The standard InChI is InChI=1S/C12H18N8/c1-8(9-5-4-6-14-7-9)15-10-16-11(19-13)18-12(17-10)20(2)3/h4-8H,13H2,1-3H3,(H2,15,16,17,18,19). The van der Waals surface area contributed by atoms with E-state index in [0.29, 0.717) is 17.8 Å². The normalized spacial score (nSPS) is 11.8. The Morgan fingerprint density at radius 3 is 2.55 bits per heavy atom. The highest BCUT2D eigenvalue weighted by atomic mass is 15.4. The van der Waals surface area contributed by atoms with Gasteiger partial charge in [0.2, 0.25) is 17.8 Å². The fourth-order valence-corrected chi connectivity index (χ4v) is 1.60. The van der Waals surface area contributed by atoms with Crippen molar-refractivity contribution in [3.63, 3.8) is 0 Å². The van der Waals surface area contributed by atoms with Gasteiger partial charge >= 0.3 is 0 Å². The summed E-state index contributed by atoms with van der Waals surface area (Å²) in [6, 6.07) is 3.89. The molecule has 0 aliphatic rings. The number of nitrogen functional groups attached to an aromatic ring is 1. The second-order valence-corrected chi connectivity index (χ2v) is 4.47. The fourth-order valence-electron chi connectivity index (χ4n) is 1.60. The van der Waals surface area contributed by atoms with Crippen LogP contribution >= 0.6 is 0 Å². The molecule has 0 bridgehead atoms. The molecule has 0 saturated carbocycles. The van der Waals surface area contributed by atoms with Crippen LogP contribution in [0.15, 0.2) is 24.5 Å². The lowest BCUT2D eigenvalue weighted by molar-refractivity contribution is 0.841. The number of aromatic nitrogens is 4. The predicted molar refractivity (Wildman–Crippen MR) is 78.2 cm³/mol. The highest BCUT2D eigenvalue weighted by molar-refractivity contribution is 5.43. The Labute approximate surface area is 117 Å². The molecular formula is C12H18N8. The molecule has 1 unspecified atom stereocenters. The van der Waals surface area contributed by atoms with Crippen molar-refractivity contribution in [1.82, 2.24) is 19.9 Å². The van der Waals surface area contributed by atoms with Crippen molar-refractivity contribution in [1.29, 1.82) is 0 Å². The topological polar surface area (TPSA) is 105 Å². The average Bonchev–Trinajstić information content (AvgIpc) is 2.47. The molecule has 0 spiro atoms. The van der Waals surface area contributed by atoms with Crippen LogP contribution in [-0.4, -0.2) is 34.0 Å². The van der Waals surface area contributed by atoms with E-state index in [2.05, 4.69) is 30.7 Å². The van der Waals surface area contributed by atoms with Crippen LogP contribution in [0, 0.1) is 0 Å². The third-order valence-corrected chi connectivity index (χ3v) is 2.68. The first-order valence-electron chi connectivity index (χ1n) is 6.16. The molecule has 0 saturated heterocycles. The number of nitrogens with one attached hydrogen (secondary N) is 2. The molecule has 0 fully saturated rings. The minimum absolute atomic E-state index is 0.0201. The van der Waals surface area contributed by atoms with E-state index in [1.165, 1.54) is 0 Å². The van der Waals surface area contributed by atoms with Crippen molar-refractivity contribution in [2.45, 2.75) is 13.0 Å². The number of hydrazine groups is 1. The van der Waals surface area contributed by atoms with Crippen molar-refractivity contribution in [3.8, 4) is 0 Å². The molecular weight excluding hydrogens is 256 g/mol. The third-order valence-electron chi connectivity index (χ3n) is 2.68. The molecule has 0 aliphatic heterocycles. The minimum Gasteiger partial charge on any atom is -0.347 e. The summed E-state index contributed by atoms with van der Waals surface area (Å²) in [6.45, 7) is 2.01. The molecule has 2 aromatic heterocycles. The van der Waals surface area contributed by atoms with Crippen LogP contribution in [0.5, 0.6) is 0 Å². The molecule has 0 aromatic carbocycles. The average molecular weight is 274 g/mol. The Morgan fingerprint density at radius 1 is 1.20 bits per heavy atom. The summed E-state index contributed by atoms with van der Waals surface area (Å²) in [4.78, 5) is 18.5. The van der Waals surface area contributed by atoms with Crippen LogP contribution in [0.3, 0.4) is 0 Å². The molecule has 20 heavy (non-hydrogen) atoms. The summed E-state index contributed by atoms with van der Waals surface area (Å²) in [5, 5.41) is 3.20. The Morgan fingerprint density at radius 2 is 1.95 bits per heavy atom. The first kappa shape index (κ1) is 13.9. The maximum Gasteiger partial charge on any atom is 0.243 e. The molecule has 8 heteroatoms. The predicted octanol–water partition coefficient (Wildman–Crippen LogP) is 0.791. The van der Waals surface area contributed by atoms with Gasteiger partial charge in [-0.3, -0.25) is 10.4 Å². The summed E-state index contributed by atoms with van der Waals surface area (Å²) in [6.07, 6.45) is 3.54. The number of anilines is 3. The van der Waals surface area contributed by atoms with Crippen LogP contribution in [-0.2, 0) is 0 Å². The zero-order valence-electron chi connectivity index (χ0n) is 11.7. The van der Waals surface area contributed by atoms with Gasteiger partial charge < -0.3 is 10.2 Å². The number of nitrogens with zero attached hydrogens (tertiary/aromatic N) is 5. The maximum absolute atomic E-state index is 5.37. The van der Waals surface area contributed by atoms with Gasteiger partial charge in [-0.1, -0.05) is 6.07 Å². The van der Waals surface area contributed by atoms with Gasteiger partial charge in [-0.15, -0.1) is 0 Å². The zero-order chi connectivity index (χ0) is 14.5. The van der Waals surface area contributed by atoms with E-state index in [0.717, 1.165) is 5.56 Å². The van der Waals surface area contributed by atoms with Crippen LogP contribution < -0.4 is 21.5 Å². The molecule has 0 aliphatic carbocycles. The monoisotopic (exact) mass is 274 g/mol. The van der Waals surface area contributed by atoms with E-state index in [4.69, 9.17) is 5.84 Å². The molecule has 2 rings (SSSR count). The van der Waals surface area contributed by atoms with E-state index in [9.17, 15) is 0 Å². The number of pyridine rings is 1. The molecule has 106 valence electrons. The summed E-state index contributed by atoms with van der Waals surface area (Å²) >= 11 is 0. The largest absolute Gasteiger partial charge is 0.347 e. The van der Waals surface area contributed by atoms with Crippen LogP contribution in [0.1, 0.15) is 18.5 Å². The Hall–Kier alpha value is -2.48. The van der Waals surface area contributed by atoms with Crippen molar-refractivity contribution >= 4 is 17.8 Å². The lowest BCUT2D eigenvalue weighted by atomic mass is 10.1. The highest BCUT2D eigenvalue weighted by Gasteiger charge is 2.11. The summed E-state index contributed by atoms with van der Waals surface area (Å²) < 4.78 is 0. The minimum atomic E-state index is 0.0201. The Kier molecular flexibility index (Phi) is 4.26. The second-order valence-electron chi connectivity index (χ2n) is 4.47. The van der Waals surface area contributed by atoms with Gasteiger partial charge in [0.1, 0.15) is 0 Å². The second kappa shape index (κ2) is 6.11. The number of rotatable bonds is 5. The van der Waals surface area contributed by atoms with Gasteiger partial charge in [-0.05, 0) is 18.6 Å². The van der Waals surface area contributed by atoms with Crippen molar-refractivity contribution in [2.24, 2.45) is 5.84 Å². The molecule has 0 radical (unpaired) electrons. The van der Waals surface area contributed by atoms with Gasteiger partial charge in [0.25, 0.3) is 0 Å². The lowest BCUT2D eigenvalue weighted by Crippen LogP contribution is -2.19. The summed E-state index contributed by atoms with van der Waals surface area (Å²) in [5.41, 5.74) is 3.48. The van der Waals surface area contributed by atoms with Gasteiger partial charge in [0.05, 0.1) is 6.04 Å². The Bertz CT molecular complexity index is 557. The van der Waals surface area contributed by atoms with E-state index in [1.807, 2.05) is 33.2 Å². The SMILES string of the molecule is CC(Nc1nc(NN)nc(N(C)C)n1)c1cccnc1. The van der Waals surface area contributed by atoms with Crippen LogP contribution in [0.2, 0.25) is 0 Å². The fraction of sp³-hybridized carbons (Fsp3) is 0.333. The van der Waals surface area contributed by atoms with Crippen LogP contribution in [0.25, 0.3) is 0 Å². The number of hydrogen-bond donors (Lipinski definition) is 3. The number of hydrogen-bond acceptors (Lipinski definition) is 8. The van der Waals surface area contributed by atoms with Gasteiger partial charge in [0.15, 0.2) is 0 Å². The molecule has 2 aromatic rings. The molecule has 4 N–H and O–H groups in total. The van der Waals surface area contributed by atoms with E-state index in [1.54, 1.807) is 17.3 Å². The molecule has 2 heterocycles.